The smallest absolute Gasteiger partial charge is 0.417 e. The van der Waals surface area contributed by atoms with Crippen LogP contribution in [-0.4, -0.2) is 16.8 Å². The zero-order valence-electron chi connectivity index (χ0n) is 15.7. The van der Waals surface area contributed by atoms with Crippen molar-refractivity contribution in [2.75, 3.05) is 5.32 Å². The molecular formula is C20H17ClF3N3O3. The second kappa shape index (κ2) is 8.74. The van der Waals surface area contributed by atoms with E-state index in [0.717, 1.165) is 12.1 Å². The first-order chi connectivity index (χ1) is 14.1. The minimum Gasteiger partial charge on any atom is -0.438 e. The van der Waals surface area contributed by atoms with Crippen molar-refractivity contribution in [3.8, 4) is 0 Å². The van der Waals surface area contributed by atoms with Crippen LogP contribution in [-0.2, 0) is 15.8 Å². The van der Waals surface area contributed by atoms with E-state index in [2.05, 4.69) is 15.6 Å². The lowest BCUT2D eigenvalue weighted by Gasteiger charge is -2.12. The number of rotatable bonds is 6. The highest BCUT2D eigenvalue weighted by Crippen LogP contribution is 2.36. The lowest BCUT2D eigenvalue weighted by Crippen LogP contribution is -2.27. The third-order valence-electron chi connectivity index (χ3n) is 4.19. The van der Waals surface area contributed by atoms with E-state index in [-0.39, 0.29) is 18.5 Å². The van der Waals surface area contributed by atoms with Gasteiger partial charge in [0.1, 0.15) is 11.6 Å². The van der Waals surface area contributed by atoms with E-state index in [1.807, 2.05) is 6.07 Å². The number of carbonyl (C=O) groups is 2. The Balaban J connectivity index is 1.52. The summed E-state index contributed by atoms with van der Waals surface area (Å²) in [6.07, 6.45) is -5.01. The third-order valence-corrected chi connectivity index (χ3v) is 4.52. The van der Waals surface area contributed by atoms with Gasteiger partial charge in [-0.2, -0.15) is 13.2 Å². The summed E-state index contributed by atoms with van der Waals surface area (Å²) in [4.78, 5) is 28.4. The van der Waals surface area contributed by atoms with Gasteiger partial charge in [-0.25, -0.2) is 4.98 Å². The number of alkyl halides is 3. The summed E-state index contributed by atoms with van der Waals surface area (Å²) in [7, 11) is 0. The molecule has 3 rings (SSSR count). The van der Waals surface area contributed by atoms with Gasteiger partial charge in [0.25, 0.3) is 0 Å². The van der Waals surface area contributed by atoms with Crippen LogP contribution in [0.2, 0.25) is 5.02 Å². The molecule has 1 aromatic heterocycles. The number of halogens is 4. The zero-order valence-corrected chi connectivity index (χ0v) is 16.5. The molecule has 0 radical (unpaired) electrons. The summed E-state index contributed by atoms with van der Waals surface area (Å²) in [6, 6.07) is 9.69. The number of amides is 2. The van der Waals surface area contributed by atoms with Gasteiger partial charge in [0.05, 0.1) is 10.6 Å². The van der Waals surface area contributed by atoms with Gasteiger partial charge in [0.2, 0.25) is 17.7 Å². The van der Waals surface area contributed by atoms with Gasteiger partial charge in [0.15, 0.2) is 5.58 Å². The van der Waals surface area contributed by atoms with E-state index >= 15 is 0 Å². The van der Waals surface area contributed by atoms with Crippen LogP contribution in [0.3, 0.4) is 0 Å². The van der Waals surface area contributed by atoms with Crippen LogP contribution in [0.5, 0.6) is 0 Å². The highest BCUT2D eigenvalue weighted by Gasteiger charge is 2.33. The Morgan fingerprint density at radius 2 is 1.83 bits per heavy atom. The van der Waals surface area contributed by atoms with Gasteiger partial charge >= 0.3 is 6.18 Å². The Morgan fingerprint density at radius 3 is 2.53 bits per heavy atom. The van der Waals surface area contributed by atoms with Crippen molar-refractivity contribution in [3.63, 3.8) is 0 Å². The second-order valence-electron chi connectivity index (χ2n) is 6.55. The molecule has 0 fully saturated rings. The molecule has 0 bridgehead atoms. The van der Waals surface area contributed by atoms with Crippen molar-refractivity contribution in [1.29, 1.82) is 0 Å². The average molecular weight is 440 g/mol. The topological polar surface area (TPSA) is 84.2 Å². The largest absolute Gasteiger partial charge is 0.438 e. The van der Waals surface area contributed by atoms with E-state index in [9.17, 15) is 22.8 Å². The highest BCUT2D eigenvalue weighted by molar-refractivity contribution is 6.31. The van der Waals surface area contributed by atoms with Crippen LogP contribution in [0.25, 0.3) is 11.1 Å². The summed E-state index contributed by atoms with van der Waals surface area (Å²) in [5, 5.41) is 4.54. The molecule has 0 aliphatic carbocycles. The van der Waals surface area contributed by atoms with Crippen LogP contribution in [0.1, 0.15) is 37.3 Å². The maximum atomic E-state index is 12.9. The summed E-state index contributed by atoms with van der Waals surface area (Å²) in [5.41, 5.74) is 0.146. The zero-order chi connectivity index (χ0) is 21.9. The van der Waals surface area contributed by atoms with Gasteiger partial charge in [-0.05, 0) is 37.3 Å². The molecule has 0 spiro atoms. The Kier molecular flexibility index (Phi) is 6.31. The molecule has 1 heterocycles. The number of nitrogens with one attached hydrogen (secondary N) is 2. The van der Waals surface area contributed by atoms with Crippen molar-refractivity contribution < 1.29 is 27.2 Å². The summed E-state index contributed by atoms with van der Waals surface area (Å²) < 4.78 is 44.2. The van der Waals surface area contributed by atoms with Crippen molar-refractivity contribution in [3.05, 3.63) is 58.9 Å². The standard InChI is InChI=1S/C20H17ClF3N3O3/c1-11(19-27-15-4-2-3-5-16(15)30-19)25-17(28)8-9-18(29)26-12-6-7-14(21)13(10-12)20(22,23)24/h2-7,10-11H,8-9H2,1H3,(H,25,28)(H,26,29). The molecule has 1 unspecified atom stereocenters. The predicted molar refractivity (Wildman–Crippen MR) is 105 cm³/mol. The Hall–Kier alpha value is -3.07. The van der Waals surface area contributed by atoms with Gasteiger partial charge in [-0.15, -0.1) is 0 Å². The number of benzene rings is 2. The average Bonchev–Trinajstić information content (AvgIpc) is 3.11. The van der Waals surface area contributed by atoms with E-state index < -0.39 is 34.6 Å². The molecule has 0 aliphatic heterocycles. The molecule has 6 nitrogen and oxygen atoms in total. The molecule has 0 aliphatic rings. The van der Waals surface area contributed by atoms with Crippen molar-refractivity contribution in [2.45, 2.75) is 32.0 Å². The third kappa shape index (κ3) is 5.29. The molecule has 2 amide bonds. The lowest BCUT2D eigenvalue weighted by atomic mass is 10.2. The molecular weight excluding hydrogens is 423 g/mol. The number of hydrogen-bond donors (Lipinski definition) is 2. The SMILES string of the molecule is CC(NC(=O)CCC(=O)Nc1ccc(Cl)c(C(F)(F)F)c1)c1nc2ccccc2o1. The Morgan fingerprint density at radius 1 is 1.13 bits per heavy atom. The normalized spacial score (nSPS) is 12.6. The summed E-state index contributed by atoms with van der Waals surface area (Å²) in [6.45, 7) is 1.69. The van der Waals surface area contributed by atoms with E-state index in [1.54, 1.807) is 25.1 Å². The number of anilines is 1. The van der Waals surface area contributed by atoms with Crippen LogP contribution in [0.4, 0.5) is 18.9 Å². The van der Waals surface area contributed by atoms with Crippen molar-refractivity contribution in [2.24, 2.45) is 0 Å². The Bertz CT molecular complexity index is 1050. The number of aromatic nitrogens is 1. The first kappa shape index (κ1) is 21.6. The predicted octanol–water partition coefficient (Wildman–Crippen LogP) is 5.10. The van der Waals surface area contributed by atoms with Gasteiger partial charge in [-0.1, -0.05) is 23.7 Å². The number of fused-ring (bicyclic) bond motifs is 1. The maximum absolute atomic E-state index is 12.9. The highest BCUT2D eigenvalue weighted by atomic mass is 35.5. The molecule has 0 saturated heterocycles. The fourth-order valence-electron chi connectivity index (χ4n) is 2.72. The minimum absolute atomic E-state index is 0.0584. The van der Waals surface area contributed by atoms with E-state index in [0.29, 0.717) is 17.0 Å². The van der Waals surface area contributed by atoms with Crippen LogP contribution in [0.15, 0.2) is 46.9 Å². The number of nitrogens with zero attached hydrogens (tertiary/aromatic N) is 1. The van der Waals surface area contributed by atoms with E-state index in [4.69, 9.17) is 16.0 Å². The fourth-order valence-corrected chi connectivity index (χ4v) is 2.95. The monoisotopic (exact) mass is 439 g/mol. The maximum Gasteiger partial charge on any atom is 0.417 e. The molecule has 10 heteroatoms. The van der Waals surface area contributed by atoms with Gasteiger partial charge < -0.3 is 15.1 Å². The van der Waals surface area contributed by atoms with Crippen molar-refractivity contribution >= 4 is 40.2 Å². The van der Waals surface area contributed by atoms with Crippen LogP contribution < -0.4 is 10.6 Å². The molecule has 3 aromatic rings. The minimum atomic E-state index is -4.64. The number of oxazole rings is 1. The summed E-state index contributed by atoms with van der Waals surface area (Å²) >= 11 is 5.55. The number of para-hydroxylation sites is 2. The van der Waals surface area contributed by atoms with Crippen LogP contribution >= 0.6 is 11.6 Å². The molecule has 2 aromatic carbocycles. The van der Waals surface area contributed by atoms with Gasteiger partial charge in [0, 0.05) is 18.5 Å². The molecule has 158 valence electrons. The van der Waals surface area contributed by atoms with Gasteiger partial charge in [-0.3, -0.25) is 9.59 Å². The molecule has 1 atom stereocenters. The van der Waals surface area contributed by atoms with E-state index in [1.165, 1.54) is 6.07 Å². The second-order valence-corrected chi connectivity index (χ2v) is 6.96. The summed E-state index contributed by atoms with van der Waals surface area (Å²) in [5.74, 6) is -0.697. The number of hydrogen-bond acceptors (Lipinski definition) is 4. The fraction of sp³-hybridized carbons (Fsp3) is 0.250. The lowest BCUT2D eigenvalue weighted by molar-refractivity contribution is -0.137. The first-order valence-corrected chi connectivity index (χ1v) is 9.32. The molecule has 0 saturated carbocycles. The molecule has 30 heavy (non-hydrogen) atoms. The quantitative estimate of drug-likeness (QED) is 0.560. The first-order valence-electron chi connectivity index (χ1n) is 8.95. The van der Waals surface area contributed by atoms with Crippen molar-refractivity contribution in [1.82, 2.24) is 10.3 Å². The van der Waals surface area contributed by atoms with Crippen LogP contribution in [0, 0.1) is 0 Å². The Labute approximate surface area is 174 Å². The number of carbonyl (C=O) groups excluding carboxylic acids is 2. The molecule has 2 N–H and O–H groups in total.